The Balaban J connectivity index is 1.95. The number of benzene rings is 2. The predicted molar refractivity (Wildman–Crippen MR) is 108 cm³/mol. The van der Waals surface area contributed by atoms with E-state index in [0.29, 0.717) is 16.4 Å². The van der Waals surface area contributed by atoms with Gasteiger partial charge in [-0.15, -0.1) is 0 Å². The summed E-state index contributed by atoms with van der Waals surface area (Å²) in [6.45, 7) is 1.75. The standard InChI is InChI=1S/C21H20ClN3O3/c1-14(12-20(26)28-2)23-21(27)19-13-18(15-8-10-16(22)11-9-15)24-25(19)17-6-4-3-5-7-17/h3-11,13-14H,12H2,1-2H3,(H,23,27). The van der Waals surface area contributed by atoms with Gasteiger partial charge in [0.1, 0.15) is 5.69 Å². The third kappa shape index (κ3) is 4.58. The summed E-state index contributed by atoms with van der Waals surface area (Å²) < 4.78 is 6.24. The second kappa shape index (κ2) is 8.71. The molecule has 28 heavy (non-hydrogen) atoms. The van der Waals surface area contributed by atoms with Gasteiger partial charge in [0.25, 0.3) is 5.91 Å². The van der Waals surface area contributed by atoms with Gasteiger partial charge in [0, 0.05) is 16.6 Å². The van der Waals surface area contributed by atoms with Crippen molar-refractivity contribution >= 4 is 23.5 Å². The van der Waals surface area contributed by atoms with E-state index in [1.54, 1.807) is 29.8 Å². The minimum Gasteiger partial charge on any atom is -0.469 e. The summed E-state index contributed by atoms with van der Waals surface area (Å²) in [5.74, 6) is -0.709. The van der Waals surface area contributed by atoms with Gasteiger partial charge < -0.3 is 10.1 Å². The number of ether oxygens (including phenoxy) is 1. The van der Waals surface area contributed by atoms with E-state index in [4.69, 9.17) is 11.6 Å². The molecule has 0 bridgehead atoms. The summed E-state index contributed by atoms with van der Waals surface area (Å²) >= 11 is 5.97. The van der Waals surface area contributed by atoms with Crippen molar-refractivity contribution in [3.05, 3.63) is 71.4 Å². The van der Waals surface area contributed by atoms with E-state index in [2.05, 4.69) is 15.2 Å². The Morgan fingerprint density at radius 1 is 1.14 bits per heavy atom. The highest BCUT2D eigenvalue weighted by atomic mass is 35.5. The molecule has 0 aliphatic rings. The summed E-state index contributed by atoms with van der Waals surface area (Å²) in [5, 5.41) is 8.06. The molecule has 6 nitrogen and oxygen atoms in total. The van der Waals surface area contributed by atoms with Crippen molar-refractivity contribution in [1.29, 1.82) is 0 Å². The summed E-state index contributed by atoms with van der Waals surface area (Å²) in [7, 11) is 1.32. The fourth-order valence-electron chi connectivity index (χ4n) is 2.75. The molecule has 0 spiro atoms. The van der Waals surface area contributed by atoms with E-state index in [-0.39, 0.29) is 24.3 Å². The summed E-state index contributed by atoms with van der Waals surface area (Å²) in [4.78, 5) is 24.3. The number of nitrogens with zero attached hydrogens (tertiary/aromatic N) is 2. The normalized spacial score (nSPS) is 11.7. The molecule has 1 heterocycles. The number of esters is 1. The fraction of sp³-hybridized carbons (Fsp3) is 0.190. The third-order valence-electron chi connectivity index (χ3n) is 4.16. The van der Waals surface area contributed by atoms with Gasteiger partial charge in [-0.2, -0.15) is 5.10 Å². The average molecular weight is 398 g/mol. The Kier molecular flexibility index (Phi) is 6.11. The van der Waals surface area contributed by atoms with E-state index in [0.717, 1.165) is 11.3 Å². The first-order valence-corrected chi connectivity index (χ1v) is 9.15. The molecule has 3 aromatic rings. The molecular formula is C21H20ClN3O3. The lowest BCUT2D eigenvalue weighted by atomic mass is 10.1. The molecule has 7 heteroatoms. The lowest BCUT2D eigenvalue weighted by Gasteiger charge is -2.13. The van der Waals surface area contributed by atoms with Crippen LogP contribution in [0.4, 0.5) is 0 Å². The molecule has 1 atom stereocenters. The number of aromatic nitrogens is 2. The van der Waals surface area contributed by atoms with Crippen LogP contribution in [0.5, 0.6) is 0 Å². The van der Waals surface area contributed by atoms with Gasteiger partial charge in [-0.3, -0.25) is 9.59 Å². The zero-order chi connectivity index (χ0) is 20.1. The largest absolute Gasteiger partial charge is 0.469 e. The number of rotatable bonds is 6. The highest BCUT2D eigenvalue weighted by Gasteiger charge is 2.20. The number of carbonyl (C=O) groups excluding carboxylic acids is 2. The van der Waals surface area contributed by atoms with E-state index in [1.807, 2.05) is 42.5 Å². The summed E-state index contributed by atoms with van der Waals surface area (Å²) in [6.07, 6.45) is 0.0890. The van der Waals surface area contributed by atoms with Crippen LogP contribution < -0.4 is 5.32 Å². The zero-order valence-electron chi connectivity index (χ0n) is 15.6. The van der Waals surface area contributed by atoms with Crippen LogP contribution in [-0.2, 0) is 9.53 Å². The van der Waals surface area contributed by atoms with Crippen molar-refractivity contribution in [2.75, 3.05) is 7.11 Å². The number of halogens is 1. The summed E-state index contributed by atoms with van der Waals surface area (Å²) in [5.41, 5.74) is 2.61. The first-order chi connectivity index (χ1) is 13.5. The van der Waals surface area contributed by atoms with Gasteiger partial charge in [-0.1, -0.05) is 41.9 Å². The molecule has 0 saturated carbocycles. The van der Waals surface area contributed by atoms with Crippen LogP contribution in [0, 0.1) is 0 Å². The van der Waals surface area contributed by atoms with E-state index < -0.39 is 0 Å². The number of para-hydroxylation sites is 1. The molecule has 144 valence electrons. The van der Waals surface area contributed by atoms with Crippen LogP contribution in [0.1, 0.15) is 23.8 Å². The van der Waals surface area contributed by atoms with Crippen molar-refractivity contribution < 1.29 is 14.3 Å². The van der Waals surface area contributed by atoms with Gasteiger partial charge in [0.15, 0.2) is 0 Å². The van der Waals surface area contributed by atoms with E-state index >= 15 is 0 Å². The first kappa shape index (κ1) is 19.6. The van der Waals surface area contributed by atoms with Gasteiger partial charge in [-0.25, -0.2) is 4.68 Å². The van der Waals surface area contributed by atoms with Crippen LogP contribution in [0.3, 0.4) is 0 Å². The average Bonchev–Trinajstić information content (AvgIpc) is 3.14. The quantitative estimate of drug-likeness (QED) is 0.641. The van der Waals surface area contributed by atoms with Crippen LogP contribution >= 0.6 is 11.6 Å². The highest BCUT2D eigenvalue weighted by Crippen LogP contribution is 2.23. The first-order valence-electron chi connectivity index (χ1n) is 8.77. The maximum atomic E-state index is 12.9. The van der Waals surface area contributed by atoms with Gasteiger partial charge >= 0.3 is 5.97 Å². The van der Waals surface area contributed by atoms with Gasteiger partial charge in [0.05, 0.1) is 24.9 Å². The third-order valence-corrected chi connectivity index (χ3v) is 4.41. The molecule has 1 amide bonds. The number of methoxy groups -OCH3 is 1. The van der Waals surface area contributed by atoms with Crippen molar-refractivity contribution in [3.63, 3.8) is 0 Å². The minimum absolute atomic E-state index is 0.0890. The SMILES string of the molecule is COC(=O)CC(C)NC(=O)c1cc(-c2ccc(Cl)cc2)nn1-c1ccccc1. The van der Waals surface area contributed by atoms with Crippen molar-refractivity contribution in [3.8, 4) is 16.9 Å². The number of hydrogen-bond acceptors (Lipinski definition) is 4. The smallest absolute Gasteiger partial charge is 0.307 e. The molecule has 2 aromatic carbocycles. The maximum absolute atomic E-state index is 12.9. The summed E-state index contributed by atoms with van der Waals surface area (Å²) in [6, 6.07) is 18.0. The maximum Gasteiger partial charge on any atom is 0.307 e. The van der Waals surface area contributed by atoms with Crippen molar-refractivity contribution in [2.24, 2.45) is 0 Å². The number of hydrogen-bond donors (Lipinski definition) is 1. The molecule has 0 saturated heterocycles. The van der Waals surface area contributed by atoms with E-state index in [1.165, 1.54) is 7.11 Å². The molecule has 3 rings (SSSR count). The van der Waals surface area contributed by atoms with Gasteiger partial charge in [0.2, 0.25) is 0 Å². The predicted octanol–water partition coefficient (Wildman–Crippen LogP) is 3.87. The Hall–Kier alpha value is -3.12. The Bertz CT molecular complexity index is 968. The van der Waals surface area contributed by atoms with Crippen LogP contribution in [0.2, 0.25) is 5.02 Å². The van der Waals surface area contributed by atoms with Crippen molar-refractivity contribution in [2.45, 2.75) is 19.4 Å². The molecule has 1 unspecified atom stereocenters. The van der Waals surface area contributed by atoms with Crippen molar-refractivity contribution in [1.82, 2.24) is 15.1 Å². The molecule has 0 radical (unpaired) electrons. The second-order valence-electron chi connectivity index (χ2n) is 6.32. The molecule has 0 aliphatic carbocycles. The second-order valence-corrected chi connectivity index (χ2v) is 6.76. The lowest BCUT2D eigenvalue weighted by molar-refractivity contribution is -0.141. The van der Waals surface area contributed by atoms with Crippen LogP contribution in [-0.4, -0.2) is 34.8 Å². The van der Waals surface area contributed by atoms with Crippen LogP contribution in [0.25, 0.3) is 16.9 Å². The Morgan fingerprint density at radius 2 is 1.82 bits per heavy atom. The number of carbonyl (C=O) groups is 2. The van der Waals surface area contributed by atoms with E-state index in [9.17, 15) is 9.59 Å². The topological polar surface area (TPSA) is 73.2 Å². The molecule has 0 aliphatic heterocycles. The zero-order valence-corrected chi connectivity index (χ0v) is 16.3. The lowest BCUT2D eigenvalue weighted by Crippen LogP contribution is -2.35. The monoisotopic (exact) mass is 397 g/mol. The fourth-order valence-corrected chi connectivity index (χ4v) is 2.88. The molecule has 0 fully saturated rings. The Morgan fingerprint density at radius 3 is 2.46 bits per heavy atom. The minimum atomic E-state index is -0.383. The molecule has 1 aromatic heterocycles. The Labute approximate surface area is 168 Å². The van der Waals surface area contributed by atoms with Gasteiger partial charge in [-0.05, 0) is 37.3 Å². The highest BCUT2D eigenvalue weighted by molar-refractivity contribution is 6.30. The number of nitrogens with one attached hydrogen (secondary N) is 1. The van der Waals surface area contributed by atoms with Crippen LogP contribution in [0.15, 0.2) is 60.7 Å². The molecule has 1 N–H and O–H groups in total. The number of amides is 1. The molecular weight excluding hydrogens is 378 g/mol.